The predicted molar refractivity (Wildman–Crippen MR) is 75.1 cm³/mol. The van der Waals surface area contributed by atoms with Crippen LogP contribution in [0.25, 0.3) is 11.0 Å². The zero-order valence-electron chi connectivity index (χ0n) is 11.0. The van der Waals surface area contributed by atoms with Crippen molar-refractivity contribution in [1.29, 1.82) is 0 Å². The molecule has 1 aromatic carbocycles. The fourth-order valence-electron chi connectivity index (χ4n) is 2.02. The van der Waals surface area contributed by atoms with Crippen LogP contribution in [0.2, 0.25) is 0 Å². The number of ether oxygens (including phenoxy) is 1. The van der Waals surface area contributed by atoms with Gasteiger partial charge in [-0.25, -0.2) is 0 Å². The van der Waals surface area contributed by atoms with E-state index in [1.54, 1.807) is 18.3 Å². The number of carbonyl (C=O) groups excluding carboxylic acids is 1. The molecule has 2 aromatic heterocycles. The quantitative estimate of drug-likeness (QED) is 0.679. The third kappa shape index (κ3) is 2.28. The Bertz CT molecular complexity index is 728. The topological polar surface area (TPSA) is 52.3 Å². The first-order chi connectivity index (χ1) is 9.78. The molecule has 0 amide bonds. The van der Waals surface area contributed by atoms with E-state index >= 15 is 0 Å². The molecular formula is C16H13NO3. The molecule has 3 aromatic rings. The van der Waals surface area contributed by atoms with Crippen LogP contribution in [-0.2, 0) is 0 Å². The van der Waals surface area contributed by atoms with Gasteiger partial charge in [-0.1, -0.05) is 18.2 Å². The number of carbonyl (C=O) groups is 1. The van der Waals surface area contributed by atoms with Crippen LogP contribution in [0, 0.1) is 0 Å². The molecule has 0 radical (unpaired) electrons. The van der Waals surface area contributed by atoms with Gasteiger partial charge in [-0.05, 0) is 25.1 Å². The van der Waals surface area contributed by atoms with Gasteiger partial charge in [-0.3, -0.25) is 9.78 Å². The maximum Gasteiger partial charge on any atom is 0.229 e. The van der Waals surface area contributed by atoms with Crippen molar-refractivity contribution in [2.24, 2.45) is 0 Å². The molecule has 0 saturated heterocycles. The second-order valence-corrected chi connectivity index (χ2v) is 4.32. The number of fused-ring (bicyclic) bond motifs is 1. The lowest BCUT2D eigenvalue weighted by molar-refractivity contribution is 0.101. The highest BCUT2D eigenvalue weighted by Gasteiger charge is 2.15. The van der Waals surface area contributed by atoms with Gasteiger partial charge >= 0.3 is 0 Å². The molecule has 4 heteroatoms. The number of benzene rings is 1. The summed E-state index contributed by atoms with van der Waals surface area (Å²) >= 11 is 0. The molecule has 0 N–H and O–H groups in total. The number of rotatable bonds is 4. The Balaban J connectivity index is 1.97. The van der Waals surface area contributed by atoms with Gasteiger partial charge in [0.1, 0.15) is 11.3 Å². The maximum absolute atomic E-state index is 12.4. The first-order valence-electron chi connectivity index (χ1n) is 6.39. The first kappa shape index (κ1) is 12.4. The highest BCUT2D eigenvalue weighted by molar-refractivity contribution is 6.08. The highest BCUT2D eigenvalue weighted by atomic mass is 16.5. The van der Waals surface area contributed by atoms with Crippen LogP contribution in [0.1, 0.15) is 23.0 Å². The lowest BCUT2D eigenvalue weighted by Gasteiger charge is -2.03. The van der Waals surface area contributed by atoms with Gasteiger partial charge in [0.05, 0.1) is 12.8 Å². The van der Waals surface area contributed by atoms with Crippen LogP contribution in [0.4, 0.5) is 0 Å². The predicted octanol–water partition coefficient (Wildman–Crippen LogP) is 3.46. The summed E-state index contributed by atoms with van der Waals surface area (Å²) < 4.78 is 10.9. The van der Waals surface area contributed by atoms with Gasteiger partial charge in [0.15, 0.2) is 5.76 Å². The normalized spacial score (nSPS) is 10.7. The van der Waals surface area contributed by atoms with E-state index in [1.165, 1.54) is 6.20 Å². The summed E-state index contributed by atoms with van der Waals surface area (Å²) in [5.41, 5.74) is 1.15. The van der Waals surface area contributed by atoms with Gasteiger partial charge in [-0.15, -0.1) is 0 Å². The van der Waals surface area contributed by atoms with Crippen molar-refractivity contribution in [3.63, 3.8) is 0 Å². The van der Waals surface area contributed by atoms with Crippen molar-refractivity contribution < 1.29 is 13.9 Å². The van der Waals surface area contributed by atoms with Crippen molar-refractivity contribution in [2.45, 2.75) is 6.92 Å². The second-order valence-electron chi connectivity index (χ2n) is 4.32. The number of pyridine rings is 1. The smallest absolute Gasteiger partial charge is 0.229 e. The Labute approximate surface area is 116 Å². The molecule has 2 heterocycles. The molecule has 0 bridgehead atoms. The molecule has 0 saturated carbocycles. The molecule has 0 spiro atoms. The Hall–Kier alpha value is -2.62. The van der Waals surface area contributed by atoms with E-state index < -0.39 is 0 Å². The molecule has 0 aliphatic carbocycles. The maximum atomic E-state index is 12.4. The van der Waals surface area contributed by atoms with Gasteiger partial charge in [0, 0.05) is 17.1 Å². The summed E-state index contributed by atoms with van der Waals surface area (Å²) in [6.45, 7) is 2.41. The van der Waals surface area contributed by atoms with Crippen LogP contribution in [0.15, 0.2) is 53.2 Å². The SMILES string of the molecule is CCOc1cncc(C(=O)c2cc3ccccc3o2)c1. The average molecular weight is 267 g/mol. The van der Waals surface area contributed by atoms with E-state index in [1.807, 2.05) is 31.2 Å². The minimum atomic E-state index is -0.199. The minimum Gasteiger partial charge on any atom is -0.492 e. The van der Waals surface area contributed by atoms with E-state index in [0.717, 1.165) is 5.39 Å². The van der Waals surface area contributed by atoms with Crippen LogP contribution in [0.3, 0.4) is 0 Å². The number of furan rings is 1. The number of hydrogen-bond donors (Lipinski definition) is 0. The summed E-state index contributed by atoms with van der Waals surface area (Å²) in [4.78, 5) is 16.4. The fourth-order valence-corrected chi connectivity index (χ4v) is 2.02. The van der Waals surface area contributed by atoms with E-state index in [-0.39, 0.29) is 5.78 Å². The molecular weight excluding hydrogens is 254 g/mol. The van der Waals surface area contributed by atoms with Crippen LogP contribution in [0.5, 0.6) is 5.75 Å². The molecule has 0 fully saturated rings. The molecule has 0 unspecified atom stereocenters. The largest absolute Gasteiger partial charge is 0.492 e. The molecule has 0 atom stereocenters. The van der Waals surface area contributed by atoms with Gasteiger partial charge < -0.3 is 9.15 Å². The van der Waals surface area contributed by atoms with E-state index in [9.17, 15) is 4.79 Å². The number of hydrogen-bond acceptors (Lipinski definition) is 4. The lowest BCUT2D eigenvalue weighted by Crippen LogP contribution is -2.01. The lowest BCUT2D eigenvalue weighted by atomic mass is 10.1. The number of nitrogens with zero attached hydrogens (tertiary/aromatic N) is 1. The second kappa shape index (κ2) is 5.17. The van der Waals surface area contributed by atoms with Gasteiger partial charge in [0.25, 0.3) is 0 Å². The average Bonchev–Trinajstić information content (AvgIpc) is 2.91. The monoisotopic (exact) mass is 267 g/mol. The summed E-state index contributed by atoms with van der Waals surface area (Å²) in [7, 11) is 0. The van der Waals surface area contributed by atoms with Crippen molar-refractivity contribution in [3.8, 4) is 5.75 Å². The molecule has 4 nitrogen and oxygen atoms in total. The number of ketones is 1. The number of aromatic nitrogens is 1. The summed E-state index contributed by atoms with van der Waals surface area (Å²) in [5, 5.41) is 0.907. The summed E-state index contributed by atoms with van der Waals surface area (Å²) in [6, 6.07) is 10.9. The molecule has 3 rings (SSSR count). The van der Waals surface area contributed by atoms with Crippen molar-refractivity contribution in [1.82, 2.24) is 4.98 Å². The number of para-hydroxylation sites is 1. The Morgan fingerprint density at radius 3 is 2.90 bits per heavy atom. The van der Waals surface area contributed by atoms with E-state index in [2.05, 4.69) is 4.98 Å². The first-order valence-corrected chi connectivity index (χ1v) is 6.39. The standard InChI is InChI=1S/C16H13NO3/c1-2-19-13-7-12(9-17-10-13)16(18)15-8-11-5-3-4-6-14(11)20-15/h3-10H,2H2,1H3. The Morgan fingerprint density at radius 2 is 2.10 bits per heavy atom. The van der Waals surface area contributed by atoms with E-state index in [4.69, 9.17) is 9.15 Å². The fraction of sp³-hybridized carbons (Fsp3) is 0.125. The van der Waals surface area contributed by atoms with E-state index in [0.29, 0.717) is 29.3 Å². The third-order valence-corrected chi connectivity index (χ3v) is 2.94. The Kier molecular flexibility index (Phi) is 3.21. The van der Waals surface area contributed by atoms with Crippen LogP contribution in [-0.4, -0.2) is 17.4 Å². The van der Waals surface area contributed by atoms with Gasteiger partial charge in [-0.2, -0.15) is 0 Å². The van der Waals surface area contributed by atoms with Crippen molar-refractivity contribution in [3.05, 3.63) is 60.1 Å². The summed E-state index contributed by atoms with van der Waals surface area (Å²) in [5.74, 6) is 0.686. The molecule has 0 aliphatic rings. The highest BCUT2D eigenvalue weighted by Crippen LogP contribution is 2.22. The molecule has 0 aliphatic heterocycles. The van der Waals surface area contributed by atoms with Crippen molar-refractivity contribution >= 4 is 16.8 Å². The van der Waals surface area contributed by atoms with Crippen LogP contribution < -0.4 is 4.74 Å². The Morgan fingerprint density at radius 1 is 1.25 bits per heavy atom. The molecule has 100 valence electrons. The van der Waals surface area contributed by atoms with Gasteiger partial charge in [0.2, 0.25) is 5.78 Å². The van der Waals surface area contributed by atoms with Crippen LogP contribution >= 0.6 is 0 Å². The van der Waals surface area contributed by atoms with Crippen molar-refractivity contribution in [2.75, 3.05) is 6.61 Å². The minimum absolute atomic E-state index is 0.199. The summed E-state index contributed by atoms with van der Waals surface area (Å²) in [6.07, 6.45) is 3.09. The zero-order valence-corrected chi connectivity index (χ0v) is 11.0. The molecule has 20 heavy (non-hydrogen) atoms. The third-order valence-electron chi connectivity index (χ3n) is 2.94. The zero-order chi connectivity index (χ0) is 13.9.